The Hall–Kier alpha value is -1.37. The molecule has 7 heteroatoms. The number of hydrogen-bond donors (Lipinski definition) is 2. The number of H-pyrrole nitrogens is 1. The lowest BCUT2D eigenvalue weighted by Gasteiger charge is -2.06. The Morgan fingerprint density at radius 2 is 2.00 bits per heavy atom. The normalized spacial score (nSPS) is 11.7. The predicted octanol–water partition coefficient (Wildman–Crippen LogP) is 2.28. The van der Waals surface area contributed by atoms with Gasteiger partial charge in [-0.2, -0.15) is 5.10 Å². The van der Waals surface area contributed by atoms with Gasteiger partial charge in [0.2, 0.25) is 10.0 Å². The molecule has 0 radical (unpaired) electrons. The van der Waals surface area contributed by atoms with Gasteiger partial charge in [0.15, 0.2) is 0 Å². The third kappa shape index (κ3) is 3.82. The number of halogens is 1. The Bertz CT molecular complexity index is 665. The maximum Gasteiger partial charge on any atom is 0.240 e. The summed E-state index contributed by atoms with van der Waals surface area (Å²) in [5.41, 5.74) is 2.13. The average Bonchev–Trinajstić information content (AvgIpc) is 2.81. The summed E-state index contributed by atoms with van der Waals surface area (Å²) >= 11 is 5.74. The van der Waals surface area contributed by atoms with Crippen LogP contribution in [-0.4, -0.2) is 25.2 Å². The number of aromatic amines is 1. The summed E-state index contributed by atoms with van der Waals surface area (Å²) in [6.45, 7) is 2.33. The van der Waals surface area contributed by atoms with Crippen LogP contribution >= 0.6 is 11.6 Å². The molecule has 2 rings (SSSR count). The van der Waals surface area contributed by atoms with E-state index in [0.29, 0.717) is 18.0 Å². The number of hydrogen-bond acceptors (Lipinski definition) is 3. The molecule has 0 atom stereocenters. The van der Waals surface area contributed by atoms with Crippen LogP contribution in [0.4, 0.5) is 0 Å². The Morgan fingerprint density at radius 3 is 2.60 bits per heavy atom. The lowest BCUT2D eigenvalue weighted by molar-refractivity contribution is 0.579. The van der Waals surface area contributed by atoms with E-state index < -0.39 is 10.0 Å². The van der Waals surface area contributed by atoms with E-state index in [9.17, 15) is 8.42 Å². The van der Waals surface area contributed by atoms with Gasteiger partial charge in [0.1, 0.15) is 0 Å². The van der Waals surface area contributed by atoms with E-state index in [1.807, 2.05) is 6.92 Å². The Kier molecular flexibility index (Phi) is 4.80. The molecule has 0 amide bonds. The minimum absolute atomic E-state index is 0.224. The van der Waals surface area contributed by atoms with Crippen LogP contribution in [-0.2, 0) is 16.4 Å². The predicted molar refractivity (Wildman–Crippen MR) is 78.3 cm³/mol. The molecule has 2 N–H and O–H groups in total. The Morgan fingerprint density at radius 1 is 1.30 bits per heavy atom. The van der Waals surface area contributed by atoms with Gasteiger partial charge in [-0.1, -0.05) is 11.6 Å². The Labute approximate surface area is 123 Å². The molecule has 0 aliphatic heterocycles. The number of benzene rings is 1. The van der Waals surface area contributed by atoms with Crippen molar-refractivity contribution in [1.82, 2.24) is 14.9 Å². The molecule has 0 saturated carbocycles. The van der Waals surface area contributed by atoms with Gasteiger partial charge in [0, 0.05) is 17.3 Å². The lowest BCUT2D eigenvalue weighted by atomic mass is 10.1. The fourth-order valence-corrected chi connectivity index (χ4v) is 3.01. The highest BCUT2D eigenvalue weighted by molar-refractivity contribution is 7.89. The maximum absolute atomic E-state index is 12.0. The van der Waals surface area contributed by atoms with Gasteiger partial charge in [0.05, 0.1) is 11.1 Å². The van der Waals surface area contributed by atoms with Crippen molar-refractivity contribution >= 4 is 21.6 Å². The highest BCUT2D eigenvalue weighted by Gasteiger charge is 2.12. The minimum Gasteiger partial charge on any atom is -0.283 e. The smallest absolute Gasteiger partial charge is 0.240 e. The molecule has 0 aliphatic rings. The van der Waals surface area contributed by atoms with Crippen LogP contribution in [0, 0.1) is 6.92 Å². The van der Waals surface area contributed by atoms with Crippen LogP contribution < -0.4 is 4.72 Å². The molecule has 2 aromatic rings. The van der Waals surface area contributed by atoms with Crippen LogP contribution in [0.5, 0.6) is 0 Å². The maximum atomic E-state index is 12.0. The zero-order valence-electron chi connectivity index (χ0n) is 11.1. The quantitative estimate of drug-likeness (QED) is 0.803. The largest absolute Gasteiger partial charge is 0.283 e. The van der Waals surface area contributed by atoms with Crippen molar-refractivity contribution in [3.63, 3.8) is 0 Å². The van der Waals surface area contributed by atoms with Gasteiger partial charge in [-0.3, -0.25) is 5.10 Å². The molecule has 0 unspecified atom stereocenters. The van der Waals surface area contributed by atoms with Gasteiger partial charge < -0.3 is 0 Å². The topological polar surface area (TPSA) is 74.8 Å². The first-order valence-corrected chi connectivity index (χ1v) is 8.09. The molecule has 0 bridgehead atoms. The van der Waals surface area contributed by atoms with E-state index in [1.165, 1.54) is 12.1 Å². The minimum atomic E-state index is -3.46. The monoisotopic (exact) mass is 313 g/mol. The first kappa shape index (κ1) is 15.0. The zero-order valence-corrected chi connectivity index (χ0v) is 12.6. The highest BCUT2D eigenvalue weighted by Crippen LogP contribution is 2.14. The second kappa shape index (κ2) is 6.39. The van der Waals surface area contributed by atoms with E-state index in [4.69, 9.17) is 11.6 Å². The summed E-state index contributed by atoms with van der Waals surface area (Å²) in [4.78, 5) is 0.224. The summed E-state index contributed by atoms with van der Waals surface area (Å²) in [5.74, 6) is 0. The van der Waals surface area contributed by atoms with Gasteiger partial charge >= 0.3 is 0 Å². The first-order valence-electron chi connectivity index (χ1n) is 6.23. The van der Waals surface area contributed by atoms with Crippen molar-refractivity contribution in [2.45, 2.75) is 24.7 Å². The van der Waals surface area contributed by atoms with Crippen molar-refractivity contribution in [1.29, 1.82) is 0 Å². The number of aromatic nitrogens is 2. The molecule has 1 heterocycles. The summed E-state index contributed by atoms with van der Waals surface area (Å²) in [6, 6.07) is 6.10. The fourth-order valence-electron chi connectivity index (χ4n) is 1.81. The van der Waals surface area contributed by atoms with Gasteiger partial charge in [-0.05, 0) is 49.6 Å². The second-order valence-corrected chi connectivity index (χ2v) is 6.68. The van der Waals surface area contributed by atoms with Crippen molar-refractivity contribution in [2.75, 3.05) is 6.54 Å². The van der Waals surface area contributed by atoms with Gasteiger partial charge in [-0.15, -0.1) is 0 Å². The summed E-state index contributed by atoms with van der Waals surface area (Å²) in [5, 5.41) is 7.30. The van der Waals surface area contributed by atoms with Crippen LogP contribution in [0.2, 0.25) is 5.02 Å². The van der Waals surface area contributed by atoms with E-state index in [-0.39, 0.29) is 4.90 Å². The zero-order chi connectivity index (χ0) is 14.6. The van der Waals surface area contributed by atoms with E-state index in [1.54, 1.807) is 18.3 Å². The number of nitrogens with one attached hydrogen (secondary N) is 2. The molecule has 108 valence electrons. The number of sulfonamides is 1. The van der Waals surface area contributed by atoms with E-state index in [2.05, 4.69) is 14.9 Å². The van der Waals surface area contributed by atoms with E-state index >= 15 is 0 Å². The lowest BCUT2D eigenvalue weighted by Crippen LogP contribution is -2.25. The highest BCUT2D eigenvalue weighted by atomic mass is 35.5. The van der Waals surface area contributed by atoms with Crippen LogP contribution in [0.25, 0.3) is 0 Å². The fraction of sp³-hybridized carbons (Fsp3) is 0.308. The standard InChI is InChI=1S/C13H16ClN3O2S/c1-10-11(9-15-17-10)3-2-8-16-20(18,19)13-6-4-12(14)5-7-13/h4-7,9,16H,2-3,8H2,1H3,(H,15,17). The van der Waals surface area contributed by atoms with Crippen molar-refractivity contribution in [2.24, 2.45) is 0 Å². The molecule has 0 aliphatic carbocycles. The molecule has 1 aromatic heterocycles. The first-order chi connectivity index (χ1) is 9.49. The molecule has 0 fully saturated rings. The number of aryl methyl sites for hydroxylation is 2. The molecule has 1 aromatic carbocycles. The molecule has 0 spiro atoms. The van der Waals surface area contributed by atoms with Gasteiger partial charge in [-0.25, -0.2) is 13.1 Å². The Balaban J connectivity index is 1.87. The summed E-state index contributed by atoms with van der Waals surface area (Å²) in [6.07, 6.45) is 3.27. The van der Waals surface area contributed by atoms with Crippen molar-refractivity contribution in [3.8, 4) is 0 Å². The summed E-state index contributed by atoms with van der Waals surface area (Å²) < 4.78 is 26.6. The molecular weight excluding hydrogens is 298 g/mol. The number of rotatable bonds is 6. The second-order valence-electron chi connectivity index (χ2n) is 4.48. The van der Waals surface area contributed by atoms with Crippen LogP contribution in [0.3, 0.4) is 0 Å². The SMILES string of the molecule is Cc1[nH]ncc1CCCNS(=O)(=O)c1ccc(Cl)cc1. The van der Waals surface area contributed by atoms with Crippen LogP contribution in [0.15, 0.2) is 35.4 Å². The third-order valence-corrected chi connectivity index (χ3v) is 4.70. The summed E-state index contributed by atoms with van der Waals surface area (Å²) in [7, 11) is -3.46. The van der Waals surface area contributed by atoms with Gasteiger partial charge in [0.25, 0.3) is 0 Å². The molecular formula is C13H16ClN3O2S. The average molecular weight is 314 g/mol. The van der Waals surface area contributed by atoms with E-state index in [0.717, 1.165) is 17.7 Å². The van der Waals surface area contributed by atoms with Crippen molar-refractivity contribution < 1.29 is 8.42 Å². The van der Waals surface area contributed by atoms with Crippen molar-refractivity contribution in [3.05, 3.63) is 46.7 Å². The number of nitrogens with zero attached hydrogens (tertiary/aromatic N) is 1. The van der Waals surface area contributed by atoms with Crippen LogP contribution in [0.1, 0.15) is 17.7 Å². The molecule has 0 saturated heterocycles. The molecule has 5 nitrogen and oxygen atoms in total. The molecule has 20 heavy (non-hydrogen) atoms. The third-order valence-electron chi connectivity index (χ3n) is 2.97.